The lowest BCUT2D eigenvalue weighted by Gasteiger charge is -2.03. The Morgan fingerprint density at radius 2 is 2.00 bits per heavy atom. The van der Waals surface area contributed by atoms with Gasteiger partial charge in [-0.25, -0.2) is 4.98 Å². The van der Waals surface area contributed by atoms with Gasteiger partial charge in [0.15, 0.2) is 5.78 Å². The number of Topliss-reactive ketones (excluding diaryl/α,β-unsaturated/α-hetero) is 1. The lowest BCUT2D eigenvalue weighted by Crippen LogP contribution is -2.23. The first-order valence-corrected chi connectivity index (χ1v) is 8.16. The van der Waals surface area contributed by atoms with Gasteiger partial charge in [-0.2, -0.15) is 0 Å². The number of pyridine rings is 1. The molecular formula is C19H14N2O2S. The van der Waals surface area contributed by atoms with Crippen molar-refractivity contribution in [3.05, 3.63) is 86.2 Å². The van der Waals surface area contributed by atoms with Crippen molar-refractivity contribution in [3.63, 3.8) is 0 Å². The van der Waals surface area contributed by atoms with Crippen LogP contribution >= 0.6 is 11.3 Å². The Morgan fingerprint density at radius 3 is 2.75 bits per heavy atom. The standard InChI is InChI=1S/C19H14N2O2S/c1-2-14-8-9-19(23)21(12-14)13-16(22)17-11-20-18(24-17)10-15-6-4-3-5-7-15/h1,3-9,11-12H,10,13H2. The maximum Gasteiger partial charge on any atom is 0.251 e. The number of thiazole rings is 1. The van der Waals surface area contributed by atoms with Gasteiger partial charge in [-0.1, -0.05) is 36.3 Å². The van der Waals surface area contributed by atoms with Crippen LogP contribution in [0.25, 0.3) is 0 Å². The zero-order chi connectivity index (χ0) is 16.9. The smallest absolute Gasteiger partial charge is 0.251 e. The molecule has 2 aromatic heterocycles. The Balaban J connectivity index is 1.75. The van der Waals surface area contributed by atoms with Crippen LogP contribution in [0.1, 0.15) is 25.8 Å². The van der Waals surface area contributed by atoms with Gasteiger partial charge in [0.25, 0.3) is 5.56 Å². The highest BCUT2D eigenvalue weighted by Gasteiger charge is 2.12. The first kappa shape index (κ1) is 15.9. The summed E-state index contributed by atoms with van der Waals surface area (Å²) >= 11 is 1.35. The van der Waals surface area contributed by atoms with Crippen LogP contribution in [0.2, 0.25) is 0 Å². The number of carbonyl (C=O) groups excluding carboxylic acids is 1. The van der Waals surface area contributed by atoms with Crippen molar-refractivity contribution >= 4 is 17.1 Å². The molecule has 0 N–H and O–H groups in total. The number of carbonyl (C=O) groups is 1. The van der Waals surface area contributed by atoms with E-state index in [1.807, 2.05) is 30.3 Å². The van der Waals surface area contributed by atoms with E-state index in [0.29, 0.717) is 16.9 Å². The van der Waals surface area contributed by atoms with E-state index in [2.05, 4.69) is 10.9 Å². The number of nitrogens with zero attached hydrogens (tertiary/aromatic N) is 2. The van der Waals surface area contributed by atoms with E-state index in [1.165, 1.54) is 28.2 Å². The normalized spacial score (nSPS) is 10.3. The first-order chi connectivity index (χ1) is 11.7. The Kier molecular flexibility index (Phi) is 4.69. The van der Waals surface area contributed by atoms with Crippen LogP contribution in [-0.2, 0) is 13.0 Å². The van der Waals surface area contributed by atoms with Crippen LogP contribution in [0, 0.1) is 12.3 Å². The van der Waals surface area contributed by atoms with E-state index < -0.39 is 0 Å². The molecule has 0 spiro atoms. The van der Waals surface area contributed by atoms with E-state index >= 15 is 0 Å². The molecule has 0 fully saturated rings. The Bertz CT molecular complexity index is 965. The van der Waals surface area contributed by atoms with Gasteiger partial charge in [0, 0.05) is 30.4 Å². The molecule has 0 bridgehead atoms. The van der Waals surface area contributed by atoms with Gasteiger partial charge in [-0.05, 0) is 11.6 Å². The van der Waals surface area contributed by atoms with Crippen molar-refractivity contribution in [1.82, 2.24) is 9.55 Å². The summed E-state index contributed by atoms with van der Waals surface area (Å²) in [5, 5.41) is 0.870. The van der Waals surface area contributed by atoms with E-state index in [9.17, 15) is 9.59 Å². The molecule has 118 valence electrons. The third-order valence-electron chi connectivity index (χ3n) is 3.49. The van der Waals surface area contributed by atoms with Crippen molar-refractivity contribution in [2.75, 3.05) is 0 Å². The summed E-state index contributed by atoms with van der Waals surface area (Å²) < 4.78 is 1.33. The number of hydrogen-bond donors (Lipinski definition) is 0. The molecule has 1 aromatic carbocycles. The Morgan fingerprint density at radius 1 is 1.21 bits per heavy atom. The summed E-state index contributed by atoms with van der Waals surface area (Å²) in [6, 6.07) is 12.9. The monoisotopic (exact) mass is 334 g/mol. The fourth-order valence-corrected chi connectivity index (χ4v) is 3.15. The van der Waals surface area contributed by atoms with Crippen LogP contribution in [-0.4, -0.2) is 15.3 Å². The van der Waals surface area contributed by atoms with Gasteiger partial charge in [0.2, 0.25) is 0 Å². The molecule has 0 aliphatic rings. The second-order valence-electron chi connectivity index (χ2n) is 5.23. The number of ketones is 1. The third kappa shape index (κ3) is 3.67. The average molecular weight is 334 g/mol. The predicted octanol–water partition coefficient (Wildman–Crippen LogP) is 2.76. The van der Waals surface area contributed by atoms with E-state index in [4.69, 9.17) is 6.42 Å². The van der Waals surface area contributed by atoms with Crippen LogP contribution in [0.3, 0.4) is 0 Å². The van der Waals surface area contributed by atoms with E-state index in [1.54, 1.807) is 12.3 Å². The minimum Gasteiger partial charge on any atom is -0.306 e. The largest absolute Gasteiger partial charge is 0.306 e. The number of rotatable bonds is 5. The quantitative estimate of drug-likeness (QED) is 0.532. The molecule has 4 nitrogen and oxygen atoms in total. The number of benzene rings is 1. The van der Waals surface area contributed by atoms with Crippen molar-refractivity contribution in [1.29, 1.82) is 0 Å². The molecule has 0 aliphatic heterocycles. The SMILES string of the molecule is C#Cc1ccc(=O)n(CC(=O)c2cnc(Cc3ccccc3)s2)c1. The average Bonchev–Trinajstić information content (AvgIpc) is 3.06. The van der Waals surface area contributed by atoms with Crippen LogP contribution in [0.4, 0.5) is 0 Å². The van der Waals surface area contributed by atoms with Crippen molar-refractivity contribution in [2.45, 2.75) is 13.0 Å². The van der Waals surface area contributed by atoms with Crippen LogP contribution in [0.5, 0.6) is 0 Å². The summed E-state index contributed by atoms with van der Waals surface area (Å²) in [4.78, 5) is 29.1. The van der Waals surface area contributed by atoms with Crippen molar-refractivity contribution in [3.8, 4) is 12.3 Å². The molecule has 5 heteroatoms. The molecule has 24 heavy (non-hydrogen) atoms. The van der Waals surface area contributed by atoms with E-state index in [-0.39, 0.29) is 17.9 Å². The molecule has 0 saturated carbocycles. The predicted molar refractivity (Wildman–Crippen MR) is 94.3 cm³/mol. The van der Waals surface area contributed by atoms with Gasteiger partial charge in [-0.3, -0.25) is 9.59 Å². The minimum absolute atomic E-state index is 0.0404. The Hall–Kier alpha value is -2.97. The highest BCUT2D eigenvalue weighted by Crippen LogP contribution is 2.17. The number of hydrogen-bond acceptors (Lipinski definition) is 4. The van der Waals surface area contributed by atoms with Crippen LogP contribution in [0.15, 0.2) is 59.7 Å². The van der Waals surface area contributed by atoms with Gasteiger partial charge in [0.1, 0.15) is 0 Å². The molecule has 3 aromatic rings. The first-order valence-electron chi connectivity index (χ1n) is 7.34. The topological polar surface area (TPSA) is 52.0 Å². The molecule has 0 atom stereocenters. The summed E-state index contributed by atoms with van der Waals surface area (Å²) in [7, 11) is 0. The van der Waals surface area contributed by atoms with Crippen molar-refractivity contribution in [2.24, 2.45) is 0 Å². The summed E-state index contributed by atoms with van der Waals surface area (Å²) in [5.74, 6) is 2.31. The van der Waals surface area contributed by atoms with Crippen LogP contribution < -0.4 is 5.56 Å². The summed E-state index contributed by atoms with van der Waals surface area (Å²) in [6.07, 6.45) is 9.11. The van der Waals surface area contributed by atoms with Gasteiger partial charge < -0.3 is 4.57 Å². The molecule has 0 aliphatic carbocycles. The molecule has 0 saturated heterocycles. The molecular weight excluding hydrogens is 320 g/mol. The van der Waals surface area contributed by atoms with Gasteiger partial charge in [0.05, 0.1) is 16.4 Å². The minimum atomic E-state index is -0.253. The fourth-order valence-electron chi connectivity index (χ4n) is 2.26. The molecule has 2 heterocycles. The maximum absolute atomic E-state index is 12.4. The molecule has 3 rings (SSSR count). The molecule has 0 radical (unpaired) electrons. The molecule has 0 amide bonds. The Labute approximate surface area is 143 Å². The van der Waals surface area contributed by atoms with Crippen molar-refractivity contribution < 1.29 is 4.79 Å². The zero-order valence-electron chi connectivity index (χ0n) is 12.8. The van der Waals surface area contributed by atoms with Gasteiger partial charge in [-0.15, -0.1) is 17.8 Å². The third-order valence-corrected chi connectivity index (χ3v) is 4.53. The number of terminal acetylenes is 1. The highest BCUT2D eigenvalue weighted by molar-refractivity contribution is 7.13. The van der Waals surface area contributed by atoms with Gasteiger partial charge >= 0.3 is 0 Å². The maximum atomic E-state index is 12.4. The summed E-state index contributed by atoms with van der Waals surface area (Å²) in [5.41, 5.74) is 1.46. The zero-order valence-corrected chi connectivity index (χ0v) is 13.6. The number of aromatic nitrogens is 2. The lowest BCUT2D eigenvalue weighted by molar-refractivity contribution is 0.0974. The highest BCUT2D eigenvalue weighted by atomic mass is 32.1. The molecule has 0 unspecified atom stereocenters. The lowest BCUT2D eigenvalue weighted by atomic mass is 10.2. The van der Waals surface area contributed by atoms with E-state index in [0.717, 1.165) is 10.6 Å². The fraction of sp³-hybridized carbons (Fsp3) is 0.105. The second kappa shape index (κ2) is 7.07. The summed E-state index contributed by atoms with van der Waals surface area (Å²) in [6.45, 7) is -0.0404. The second-order valence-corrected chi connectivity index (χ2v) is 6.35.